The van der Waals surface area contributed by atoms with Crippen LogP contribution in [0, 0.1) is 12.7 Å². The molecule has 90 valence electrons. The van der Waals surface area contributed by atoms with Crippen molar-refractivity contribution < 1.29 is 9.50 Å². The summed E-state index contributed by atoms with van der Waals surface area (Å²) in [5.74, 6) is -0.225. The molecule has 0 aliphatic rings. The summed E-state index contributed by atoms with van der Waals surface area (Å²) >= 11 is 0. The fraction of sp³-hybridized carbons (Fsp3) is 0.500. The molecule has 0 amide bonds. The van der Waals surface area contributed by atoms with Crippen molar-refractivity contribution in [3.63, 3.8) is 0 Å². The van der Waals surface area contributed by atoms with E-state index in [0.717, 1.165) is 11.1 Å². The largest absolute Gasteiger partial charge is 0.395 e. The molecule has 0 bridgehead atoms. The number of benzene rings is 1. The lowest BCUT2D eigenvalue weighted by molar-refractivity contribution is 0.193. The van der Waals surface area contributed by atoms with Crippen molar-refractivity contribution in [2.24, 2.45) is 5.73 Å². The predicted octanol–water partition coefficient (Wildman–Crippen LogP) is 0.887. The highest BCUT2D eigenvalue weighted by atomic mass is 19.1. The van der Waals surface area contributed by atoms with Gasteiger partial charge in [0.25, 0.3) is 0 Å². The van der Waals surface area contributed by atoms with Crippen LogP contribution in [0.5, 0.6) is 0 Å². The van der Waals surface area contributed by atoms with E-state index < -0.39 is 0 Å². The van der Waals surface area contributed by atoms with Gasteiger partial charge in [0.2, 0.25) is 0 Å². The third-order valence-corrected chi connectivity index (χ3v) is 2.57. The summed E-state index contributed by atoms with van der Waals surface area (Å²) in [6.45, 7) is 4.47. The Labute approximate surface area is 95.7 Å². The van der Waals surface area contributed by atoms with Crippen LogP contribution in [0.25, 0.3) is 0 Å². The molecule has 0 aliphatic heterocycles. The van der Waals surface area contributed by atoms with E-state index in [1.165, 1.54) is 12.1 Å². The number of nitrogens with two attached hydrogens (primary N) is 1. The standard InChI is InChI=1S/C12H19FN2O/c1-10-2-3-12(13)8-11(10)9-15(5-4-14)6-7-16/h2-3,8,16H,4-7,9,14H2,1H3. The molecule has 0 fully saturated rings. The van der Waals surface area contributed by atoms with Crippen LogP contribution < -0.4 is 5.73 Å². The van der Waals surface area contributed by atoms with Gasteiger partial charge in [0.15, 0.2) is 0 Å². The minimum absolute atomic E-state index is 0.0916. The number of hydrogen-bond acceptors (Lipinski definition) is 3. The zero-order valence-corrected chi connectivity index (χ0v) is 9.62. The van der Waals surface area contributed by atoms with E-state index in [9.17, 15) is 4.39 Å². The van der Waals surface area contributed by atoms with Gasteiger partial charge in [-0.05, 0) is 30.2 Å². The average molecular weight is 226 g/mol. The van der Waals surface area contributed by atoms with E-state index in [-0.39, 0.29) is 12.4 Å². The fourth-order valence-corrected chi connectivity index (χ4v) is 1.65. The highest BCUT2D eigenvalue weighted by Gasteiger charge is 2.07. The number of aliphatic hydroxyl groups excluding tert-OH is 1. The molecule has 1 aromatic carbocycles. The molecule has 4 heteroatoms. The fourth-order valence-electron chi connectivity index (χ4n) is 1.65. The number of hydrogen-bond donors (Lipinski definition) is 2. The maximum absolute atomic E-state index is 13.1. The Kier molecular flexibility index (Phi) is 5.38. The minimum atomic E-state index is -0.225. The zero-order chi connectivity index (χ0) is 12.0. The Bertz CT molecular complexity index is 325. The molecule has 1 aromatic rings. The van der Waals surface area contributed by atoms with Crippen LogP contribution in [-0.2, 0) is 6.54 Å². The molecule has 3 nitrogen and oxygen atoms in total. The van der Waals surface area contributed by atoms with Crippen molar-refractivity contribution in [2.45, 2.75) is 13.5 Å². The molecule has 16 heavy (non-hydrogen) atoms. The maximum Gasteiger partial charge on any atom is 0.123 e. The maximum atomic E-state index is 13.1. The smallest absolute Gasteiger partial charge is 0.123 e. The number of nitrogens with zero attached hydrogens (tertiary/aromatic N) is 1. The monoisotopic (exact) mass is 226 g/mol. The first-order valence-corrected chi connectivity index (χ1v) is 5.45. The first kappa shape index (κ1) is 13.1. The molecule has 0 radical (unpaired) electrons. The summed E-state index contributed by atoms with van der Waals surface area (Å²) in [5.41, 5.74) is 7.49. The summed E-state index contributed by atoms with van der Waals surface area (Å²) < 4.78 is 13.1. The van der Waals surface area contributed by atoms with Crippen LogP contribution in [0.2, 0.25) is 0 Å². The van der Waals surface area contributed by atoms with E-state index in [0.29, 0.717) is 26.2 Å². The van der Waals surface area contributed by atoms with Crippen LogP contribution in [0.3, 0.4) is 0 Å². The van der Waals surface area contributed by atoms with E-state index in [1.807, 2.05) is 11.8 Å². The molecule has 1 rings (SSSR count). The lowest BCUT2D eigenvalue weighted by Gasteiger charge is -2.21. The molecule has 0 saturated heterocycles. The summed E-state index contributed by atoms with van der Waals surface area (Å²) in [7, 11) is 0. The summed E-state index contributed by atoms with van der Waals surface area (Å²) in [6.07, 6.45) is 0. The third-order valence-electron chi connectivity index (χ3n) is 2.57. The Balaban J connectivity index is 2.71. The predicted molar refractivity (Wildman–Crippen MR) is 62.6 cm³/mol. The highest BCUT2D eigenvalue weighted by molar-refractivity contribution is 5.26. The normalized spacial score (nSPS) is 11.1. The van der Waals surface area contributed by atoms with Gasteiger partial charge in [-0.1, -0.05) is 6.07 Å². The van der Waals surface area contributed by atoms with Crippen LogP contribution >= 0.6 is 0 Å². The Morgan fingerprint density at radius 3 is 2.75 bits per heavy atom. The van der Waals surface area contributed by atoms with Gasteiger partial charge in [-0.3, -0.25) is 4.90 Å². The topological polar surface area (TPSA) is 49.5 Å². The zero-order valence-electron chi connectivity index (χ0n) is 9.62. The lowest BCUT2D eigenvalue weighted by Crippen LogP contribution is -2.31. The summed E-state index contributed by atoms with van der Waals surface area (Å²) in [4.78, 5) is 2.02. The molecule has 0 aliphatic carbocycles. The van der Waals surface area contributed by atoms with E-state index in [2.05, 4.69) is 0 Å². The van der Waals surface area contributed by atoms with Crippen molar-refractivity contribution in [3.8, 4) is 0 Å². The Morgan fingerprint density at radius 1 is 1.38 bits per heavy atom. The Morgan fingerprint density at radius 2 is 2.12 bits per heavy atom. The summed E-state index contributed by atoms with van der Waals surface area (Å²) in [5, 5.41) is 8.91. The van der Waals surface area contributed by atoms with Crippen molar-refractivity contribution >= 4 is 0 Å². The van der Waals surface area contributed by atoms with Gasteiger partial charge >= 0.3 is 0 Å². The highest BCUT2D eigenvalue weighted by Crippen LogP contribution is 2.12. The van der Waals surface area contributed by atoms with Crippen LogP contribution in [0.15, 0.2) is 18.2 Å². The van der Waals surface area contributed by atoms with Crippen LogP contribution in [0.4, 0.5) is 4.39 Å². The summed E-state index contributed by atoms with van der Waals surface area (Å²) in [6, 6.07) is 4.76. The van der Waals surface area contributed by atoms with Gasteiger partial charge in [-0.25, -0.2) is 4.39 Å². The molecule has 0 saturated carbocycles. The second-order valence-electron chi connectivity index (χ2n) is 3.86. The second-order valence-corrected chi connectivity index (χ2v) is 3.86. The minimum Gasteiger partial charge on any atom is -0.395 e. The quantitative estimate of drug-likeness (QED) is 0.757. The van der Waals surface area contributed by atoms with Crippen LogP contribution in [-0.4, -0.2) is 36.2 Å². The molecule has 0 unspecified atom stereocenters. The first-order valence-electron chi connectivity index (χ1n) is 5.45. The Hall–Kier alpha value is -0.970. The average Bonchev–Trinajstić information content (AvgIpc) is 2.24. The van der Waals surface area contributed by atoms with Crippen molar-refractivity contribution in [2.75, 3.05) is 26.2 Å². The van der Waals surface area contributed by atoms with Crippen molar-refractivity contribution in [1.29, 1.82) is 0 Å². The molecular formula is C12H19FN2O. The van der Waals surface area contributed by atoms with Gasteiger partial charge in [0, 0.05) is 26.2 Å². The van der Waals surface area contributed by atoms with Gasteiger partial charge in [-0.2, -0.15) is 0 Å². The van der Waals surface area contributed by atoms with Gasteiger partial charge < -0.3 is 10.8 Å². The number of aryl methyl sites for hydroxylation is 1. The number of rotatable bonds is 6. The molecule has 0 aromatic heterocycles. The number of halogens is 1. The van der Waals surface area contributed by atoms with Gasteiger partial charge in [0.05, 0.1) is 6.61 Å². The number of aliphatic hydroxyl groups is 1. The second kappa shape index (κ2) is 6.58. The van der Waals surface area contributed by atoms with Gasteiger partial charge in [0.1, 0.15) is 5.82 Å². The van der Waals surface area contributed by atoms with E-state index in [4.69, 9.17) is 10.8 Å². The molecule has 0 atom stereocenters. The SMILES string of the molecule is Cc1ccc(F)cc1CN(CCN)CCO. The van der Waals surface area contributed by atoms with Crippen LogP contribution in [0.1, 0.15) is 11.1 Å². The van der Waals surface area contributed by atoms with E-state index in [1.54, 1.807) is 6.07 Å². The lowest BCUT2D eigenvalue weighted by atomic mass is 10.1. The van der Waals surface area contributed by atoms with E-state index >= 15 is 0 Å². The van der Waals surface area contributed by atoms with Crippen molar-refractivity contribution in [3.05, 3.63) is 35.1 Å². The molecule has 0 heterocycles. The molecule has 0 spiro atoms. The third kappa shape index (κ3) is 3.89. The van der Waals surface area contributed by atoms with Crippen molar-refractivity contribution in [1.82, 2.24) is 4.90 Å². The van der Waals surface area contributed by atoms with Gasteiger partial charge in [-0.15, -0.1) is 0 Å². The first-order chi connectivity index (χ1) is 7.67. The molecule has 3 N–H and O–H groups in total. The molecular weight excluding hydrogens is 207 g/mol.